The molecule has 32 heavy (non-hydrogen) atoms. The number of rotatable bonds is 5. The fraction of sp³-hybridized carbons (Fsp3) is 0.625. The lowest BCUT2D eigenvalue weighted by molar-refractivity contribution is -0.143. The van der Waals surface area contributed by atoms with E-state index in [4.69, 9.17) is 5.73 Å². The molecule has 5 atom stereocenters. The Kier molecular flexibility index (Phi) is 5.99. The summed E-state index contributed by atoms with van der Waals surface area (Å²) in [6, 6.07) is 7.01. The Hall–Kier alpha value is -2.50. The van der Waals surface area contributed by atoms with Crippen molar-refractivity contribution < 1.29 is 14.0 Å². The van der Waals surface area contributed by atoms with Gasteiger partial charge in [-0.3, -0.25) is 14.5 Å². The Morgan fingerprint density at radius 2 is 2.00 bits per heavy atom. The number of nitriles is 1. The Labute approximate surface area is 188 Å². The molecule has 0 saturated carbocycles. The van der Waals surface area contributed by atoms with Gasteiger partial charge in [-0.15, -0.1) is 0 Å². The van der Waals surface area contributed by atoms with E-state index in [1.807, 2.05) is 9.80 Å². The van der Waals surface area contributed by atoms with Crippen molar-refractivity contribution in [3.8, 4) is 6.07 Å². The molecule has 3 fully saturated rings. The van der Waals surface area contributed by atoms with Crippen molar-refractivity contribution in [2.24, 2.45) is 11.1 Å². The average Bonchev–Trinajstić information content (AvgIpc) is 3.44. The van der Waals surface area contributed by atoms with Gasteiger partial charge in [0.05, 0.1) is 24.2 Å². The number of nitrogens with zero attached hydrogens (tertiary/aromatic N) is 4. The summed E-state index contributed by atoms with van der Waals surface area (Å²) in [4.78, 5) is 31.8. The van der Waals surface area contributed by atoms with Crippen LogP contribution in [0.4, 0.5) is 4.39 Å². The molecular weight excluding hydrogens is 409 g/mol. The van der Waals surface area contributed by atoms with Crippen LogP contribution in [0.3, 0.4) is 0 Å². The molecule has 3 aliphatic rings. The normalized spacial score (nSPS) is 27.6. The Morgan fingerprint density at radius 1 is 1.31 bits per heavy atom. The number of amides is 2. The molecule has 172 valence electrons. The third-order valence-corrected chi connectivity index (χ3v) is 7.03. The van der Waals surface area contributed by atoms with Crippen LogP contribution in [-0.2, 0) is 9.59 Å². The number of nitrogens with two attached hydrogens (primary N) is 1. The zero-order chi connectivity index (χ0) is 23.2. The highest BCUT2D eigenvalue weighted by molar-refractivity contribution is 5.87. The van der Waals surface area contributed by atoms with Gasteiger partial charge in [0, 0.05) is 25.7 Å². The first-order chi connectivity index (χ1) is 15.1. The van der Waals surface area contributed by atoms with Crippen LogP contribution in [0, 0.1) is 22.6 Å². The molecule has 0 radical (unpaired) electrons. The summed E-state index contributed by atoms with van der Waals surface area (Å²) < 4.78 is 13.5. The number of hydrogen-bond donors (Lipinski definition) is 1. The Bertz CT molecular complexity index is 922. The van der Waals surface area contributed by atoms with Crippen molar-refractivity contribution in [3.05, 3.63) is 35.6 Å². The maximum absolute atomic E-state index is 13.5. The number of benzene rings is 1. The summed E-state index contributed by atoms with van der Waals surface area (Å²) >= 11 is 0. The molecule has 0 aromatic heterocycles. The number of halogens is 1. The topological polar surface area (TPSA) is 93.7 Å². The third kappa shape index (κ3) is 4.00. The quantitative estimate of drug-likeness (QED) is 0.755. The highest BCUT2D eigenvalue weighted by Crippen LogP contribution is 2.45. The monoisotopic (exact) mass is 441 g/mol. The molecular formula is C24H32FN5O2. The molecule has 4 unspecified atom stereocenters. The van der Waals surface area contributed by atoms with E-state index in [9.17, 15) is 19.2 Å². The van der Waals surface area contributed by atoms with E-state index in [2.05, 4.69) is 26.8 Å². The van der Waals surface area contributed by atoms with E-state index in [1.54, 1.807) is 17.0 Å². The van der Waals surface area contributed by atoms with Crippen molar-refractivity contribution in [2.75, 3.05) is 19.6 Å². The molecule has 1 aromatic rings. The molecule has 7 nitrogen and oxygen atoms in total. The zero-order valence-electron chi connectivity index (χ0n) is 19.0. The number of carbonyl (C=O) groups excluding carboxylic acids is 2. The average molecular weight is 442 g/mol. The van der Waals surface area contributed by atoms with Crippen LogP contribution in [-0.4, -0.2) is 70.3 Å². The van der Waals surface area contributed by atoms with Crippen LogP contribution in [0.5, 0.6) is 0 Å². The van der Waals surface area contributed by atoms with Crippen LogP contribution in [0.1, 0.15) is 51.6 Å². The lowest BCUT2D eigenvalue weighted by Crippen LogP contribution is -2.57. The molecule has 3 saturated heterocycles. The Morgan fingerprint density at radius 3 is 2.59 bits per heavy atom. The van der Waals surface area contributed by atoms with E-state index in [1.165, 1.54) is 12.1 Å². The largest absolute Gasteiger partial charge is 0.329 e. The van der Waals surface area contributed by atoms with Gasteiger partial charge in [0.25, 0.3) is 0 Å². The highest BCUT2D eigenvalue weighted by atomic mass is 19.1. The van der Waals surface area contributed by atoms with Crippen LogP contribution >= 0.6 is 0 Å². The molecule has 2 N–H and O–H groups in total. The van der Waals surface area contributed by atoms with Crippen molar-refractivity contribution >= 4 is 11.8 Å². The molecule has 8 heteroatoms. The van der Waals surface area contributed by atoms with Gasteiger partial charge in [0.15, 0.2) is 0 Å². The van der Waals surface area contributed by atoms with Crippen molar-refractivity contribution in [3.63, 3.8) is 0 Å². The molecule has 2 bridgehead atoms. The predicted molar refractivity (Wildman–Crippen MR) is 118 cm³/mol. The second-order valence-electron chi connectivity index (χ2n) is 10.4. The fourth-order valence-corrected chi connectivity index (χ4v) is 5.66. The molecule has 3 aliphatic heterocycles. The summed E-state index contributed by atoms with van der Waals surface area (Å²) in [5, 5.41) is 9.26. The lowest BCUT2D eigenvalue weighted by Gasteiger charge is -2.45. The van der Waals surface area contributed by atoms with E-state index < -0.39 is 12.1 Å². The first-order valence-corrected chi connectivity index (χ1v) is 11.4. The predicted octanol–water partition coefficient (Wildman–Crippen LogP) is 2.04. The third-order valence-electron chi connectivity index (χ3n) is 7.03. The smallest absolute Gasteiger partial charge is 0.241 e. The number of fused-ring (bicyclic) bond motifs is 2. The lowest BCUT2D eigenvalue weighted by atomic mass is 9.80. The van der Waals surface area contributed by atoms with Crippen molar-refractivity contribution in [1.82, 2.24) is 14.7 Å². The van der Waals surface area contributed by atoms with Crippen LogP contribution in [0.2, 0.25) is 0 Å². The zero-order valence-corrected chi connectivity index (χ0v) is 19.0. The molecule has 1 aromatic carbocycles. The number of carbonyl (C=O) groups is 2. The van der Waals surface area contributed by atoms with Gasteiger partial charge in [-0.2, -0.15) is 5.26 Å². The van der Waals surface area contributed by atoms with E-state index in [-0.39, 0.29) is 41.2 Å². The maximum Gasteiger partial charge on any atom is 0.241 e. The summed E-state index contributed by atoms with van der Waals surface area (Å²) in [5.41, 5.74) is 6.94. The van der Waals surface area contributed by atoms with Crippen molar-refractivity contribution in [1.29, 1.82) is 5.26 Å². The van der Waals surface area contributed by atoms with E-state index in [0.29, 0.717) is 32.5 Å². The van der Waals surface area contributed by atoms with Gasteiger partial charge in [0.2, 0.25) is 11.8 Å². The van der Waals surface area contributed by atoms with Gasteiger partial charge in [-0.1, -0.05) is 32.9 Å². The maximum atomic E-state index is 13.5. The van der Waals surface area contributed by atoms with Gasteiger partial charge < -0.3 is 15.5 Å². The first kappa shape index (κ1) is 22.7. The summed E-state index contributed by atoms with van der Waals surface area (Å²) in [6.45, 7) is 7.81. The molecule has 4 rings (SSSR count). The minimum absolute atomic E-state index is 0.0303. The van der Waals surface area contributed by atoms with E-state index in [0.717, 1.165) is 12.0 Å². The van der Waals surface area contributed by atoms with Crippen LogP contribution in [0.25, 0.3) is 0 Å². The van der Waals surface area contributed by atoms with Gasteiger partial charge in [0.1, 0.15) is 11.9 Å². The fourth-order valence-electron chi connectivity index (χ4n) is 5.66. The van der Waals surface area contributed by atoms with Crippen molar-refractivity contribution in [2.45, 2.75) is 70.2 Å². The second-order valence-corrected chi connectivity index (χ2v) is 10.4. The molecule has 0 aliphatic carbocycles. The van der Waals surface area contributed by atoms with Crippen LogP contribution in [0.15, 0.2) is 24.3 Å². The number of likely N-dealkylation sites (tertiary alicyclic amines) is 3. The summed E-state index contributed by atoms with van der Waals surface area (Å²) in [6.07, 6.45) is 2.21. The molecule has 3 heterocycles. The second kappa shape index (κ2) is 8.45. The SMILES string of the molecule is CC(C)(C)C(c1ccc(F)cc1)N1C(=O)C2C[C@H]1CN2CC(N)C(=O)N1CCCC1C#N. The summed E-state index contributed by atoms with van der Waals surface area (Å²) in [5.74, 6) is -0.460. The van der Waals surface area contributed by atoms with Gasteiger partial charge in [-0.05, 0) is 42.4 Å². The highest BCUT2D eigenvalue weighted by Gasteiger charge is 2.54. The molecule has 2 amide bonds. The van der Waals surface area contributed by atoms with Gasteiger partial charge in [-0.25, -0.2) is 4.39 Å². The minimum Gasteiger partial charge on any atom is -0.329 e. The Balaban J connectivity index is 1.47. The van der Waals surface area contributed by atoms with Crippen LogP contribution < -0.4 is 5.73 Å². The van der Waals surface area contributed by atoms with E-state index >= 15 is 0 Å². The van der Waals surface area contributed by atoms with Gasteiger partial charge >= 0.3 is 0 Å². The summed E-state index contributed by atoms with van der Waals surface area (Å²) in [7, 11) is 0. The minimum atomic E-state index is -0.750. The number of piperazine rings is 1. The molecule has 0 spiro atoms. The standard InChI is InChI=1S/C24H32FN5O2/c1-24(2,3)21(15-6-8-16(25)9-7-15)30-18-11-20(23(30)32)28(13-18)14-19(27)22(31)29-10-4-5-17(29)12-26/h6-9,17-21H,4-5,10-11,13-14,27H2,1-3H3/t17?,18-,19?,20?,21?/m0/s1. The number of hydrogen-bond acceptors (Lipinski definition) is 5. The first-order valence-electron chi connectivity index (χ1n) is 11.4.